The second-order valence-electron chi connectivity index (χ2n) is 18.2. The minimum atomic E-state index is -0.671. The summed E-state index contributed by atoms with van der Waals surface area (Å²) in [5.74, 6) is -1.59. The zero-order valence-corrected chi connectivity index (χ0v) is 42.8. The van der Waals surface area contributed by atoms with Gasteiger partial charge in [-0.2, -0.15) is 36.4 Å². The maximum atomic E-state index is 14.3. The molecule has 0 saturated heterocycles. The Morgan fingerprint density at radius 1 is 0.507 bits per heavy atom. The maximum Gasteiger partial charge on any atom is 4.00 e. The van der Waals surface area contributed by atoms with Crippen molar-refractivity contribution in [1.82, 2.24) is 0 Å². The molecular weight excluding hydrogens is 881 g/mol. The number of hydrogen-bond donors (Lipinski definition) is 0. The third kappa shape index (κ3) is 24.9. The number of methoxy groups -OCH3 is 2. The molecular formula is C58H74F4N2O2Ti. The van der Waals surface area contributed by atoms with Gasteiger partial charge in [0.05, 0.1) is 11.2 Å². The van der Waals surface area contributed by atoms with Crippen LogP contribution in [0.4, 0.5) is 28.9 Å². The van der Waals surface area contributed by atoms with Crippen LogP contribution in [-0.2, 0) is 44.3 Å². The van der Waals surface area contributed by atoms with Crippen LogP contribution in [0.3, 0.4) is 0 Å². The van der Waals surface area contributed by atoms with E-state index in [9.17, 15) is 17.6 Å². The topological polar surface area (TPSA) is 24.9 Å². The standard InChI is InChI=1S/2C24H32F2NO.2C5H5.Ti/c2*1-19(9-8-15-24(2,3)28-4)14-16-27(18-20-10-6-5-7-11-20)23-13-12-21(25)17-22(23)26;2*1-2-4-5-3-1;/h2*5-7,10-13,19H,8-9,14-16,18H2,1-4H3;2*1-5H;/q4*-1;+4. The normalized spacial score (nSPS) is 11.9. The molecule has 0 spiro atoms. The van der Waals surface area contributed by atoms with Crippen molar-refractivity contribution in [2.24, 2.45) is 11.8 Å². The molecule has 0 aliphatic carbocycles. The van der Waals surface area contributed by atoms with Crippen LogP contribution in [0, 0.1) is 47.2 Å². The van der Waals surface area contributed by atoms with E-state index >= 15 is 0 Å². The molecule has 67 heavy (non-hydrogen) atoms. The summed E-state index contributed by atoms with van der Waals surface area (Å²) in [6.45, 7) is 15.5. The number of halogens is 4. The number of anilines is 2. The first kappa shape index (κ1) is 58.7. The molecule has 0 heterocycles. The second-order valence-corrected chi connectivity index (χ2v) is 18.2. The maximum absolute atomic E-state index is 14.3. The molecule has 0 saturated carbocycles. The SMILES string of the molecule is COC(C)(C)CCCC(C)CCN(Cc1ccccc1)c1ccc(F)[c-]c1F.COC(C)(C)CCCC(C)CCN(Cc1ccccc1)c1ccc(F)[c-]c1F.[Ti+4].c1cc[cH-]c1.c1cc[cH-]c1. The van der Waals surface area contributed by atoms with Crippen molar-refractivity contribution < 1.29 is 48.8 Å². The number of rotatable bonds is 22. The van der Waals surface area contributed by atoms with Gasteiger partial charge in [0.15, 0.2) is 0 Å². The van der Waals surface area contributed by atoms with Gasteiger partial charge in [-0.3, -0.25) is 0 Å². The van der Waals surface area contributed by atoms with E-state index in [4.69, 9.17) is 9.47 Å². The quantitative estimate of drug-likeness (QED) is 0.0385. The molecule has 9 heteroatoms. The number of benzene rings is 4. The third-order valence-electron chi connectivity index (χ3n) is 11.7. The second kappa shape index (κ2) is 32.3. The molecule has 2 unspecified atom stereocenters. The van der Waals surface area contributed by atoms with Gasteiger partial charge in [0.1, 0.15) is 0 Å². The van der Waals surface area contributed by atoms with Crippen LogP contribution >= 0.6 is 0 Å². The number of nitrogens with zero attached hydrogens (tertiary/aromatic N) is 2. The first-order valence-corrected chi connectivity index (χ1v) is 23.4. The van der Waals surface area contributed by atoms with Crippen LogP contribution in [-0.4, -0.2) is 38.5 Å². The van der Waals surface area contributed by atoms with E-state index in [0.717, 1.165) is 62.5 Å². The minimum absolute atomic E-state index is 0. The van der Waals surface area contributed by atoms with Crippen molar-refractivity contribution in [3.05, 3.63) is 192 Å². The molecule has 0 amide bonds. The zero-order valence-electron chi connectivity index (χ0n) is 41.2. The van der Waals surface area contributed by atoms with Crippen molar-refractivity contribution >= 4 is 11.4 Å². The van der Waals surface area contributed by atoms with Crippen molar-refractivity contribution in [3.8, 4) is 0 Å². The van der Waals surface area contributed by atoms with E-state index in [2.05, 4.69) is 53.7 Å². The van der Waals surface area contributed by atoms with Crippen LogP contribution in [0.25, 0.3) is 0 Å². The largest absolute Gasteiger partial charge is 4.00 e. The summed E-state index contributed by atoms with van der Waals surface area (Å²) in [5, 5.41) is 0. The molecule has 0 aromatic heterocycles. The van der Waals surface area contributed by atoms with Crippen LogP contribution < -0.4 is 9.80 Å². The molecule has 6 aromatic rings. The fraction of sp³-hybridized carbons (Fsp3) is 0.414. The van der Waals surface area contributed by atoms with Gasteiger partial charge in [0.25, 0.3) is 0 Å². The van der Waals surface area contributed by atoms with Gasteiger partial charge in [-0.25, -0.2) is 41.8 Å². The number of hydrogen-bond acceptors (Lipinski definition) is 4. The van der Waals surface area contributed by atoms with Crippen LogP contribution in [0.2, 0.25) is 0 Å². The minimum Gasteiger partial charge on any atom is -0.417 e. The van der Waals surface area contributed by atoms with Crippen LogP contribution in [0.1, 0.15) is 104 Å². The fourth-order valence-corrected chi connectivity index (χ4v) is 7.18. The predicted octanol–water partition coefficient (Wildman–Crippen LogP) is 15.6. The first-order chi connectivity index (χ1) is 31.6. The smallest absolute Gasteiger partial charge is 0.417 e. The van der Waals surface area contributed by atoms with Crippen molar-refractivity contribution in [2.75, 3.05) is 37.1 Å². The Hall–Kier alpha value is -4.47. The van der Waals surface area contributed by atoms with Gasteiger partial charge in [0, 0.05) is 63.7 Å². The van der Waals surface area contributed by atoms with Gasteiger partial charge in [-0.05, 0) is 87.7 Å². The summed E-state index contributed by atoms with van der Waals surface area (Å²) < 4.78 is 66.2. The van der Waals surface area contributed by atoms with Crippen LogP contribution in [0.5, 0.6) is 0 Å². The Labute approximate surface area is 416 Å². The first-order valence-electron chi connectivity index (χ1n) is 23.4. The van der Waals surface area contributed by atoms with E-state index in [1.807, 2.05) is 131 Å². The van der Waals surface area contributed by atoms with E-state index in [0.29, 0.717) is 49.4 Å². The predicted molar refractivity (Wildman–Crippen MR) is 267 cm³/mol. The fourth-order valence-electron chi connectivity index (χ4n) is 7.18. The van der Waals surface area contributed by atoms with Crippen molar-refractivity contribution in [2.45, 2.75) is 117 Å². The molecule has 2 atom stereocenters. The summed E-state index contributed by atoms with van der Waals surface area (Å²) >= 11 is 0. The summed E-state index contributed by atoms with van der Waals surface area (Å²) in [4.78, 5) is 3.96. The van der Waals surface area contributed by atoms with E-state index in [1.54, 1.807) is 14.2 Å². The summed E-state index contributed by atoms with van der Waals surface area (Å²) in [7, 11) is 3.50. The molecule has 0 aliphatic rings. The van der Waals surface area contributed by atoms with Gasteiger partial charge in [-0.15, -0.1) is 36.4 Å². The van der Waals surface area contributed by atoms with Crippen molar-refractivity contribution in [3.63, 3.8) is 0 Å². The molecule has 0 N–H and O–H groups in total. The Bertz CT molecular complexity index is 1910. The van der Waals surface area contributed by atoms with Gasteiger partial charge in [-0.1, -0.05) is 100 Å². The summed E-state index contributed by atoms with van der Waals surface area (Å²) in [6, 6.07) is 49.8. The van der Waals surface area contributed by atoms with Crippen LogP contribution in [0.15, 0.2) is 146 Å². The Kier molecular flexibility index (Phi) is 28.3. The monoisotopic (exact) mass is 955 g/mol. The van der Waals surface area contributed by atoms with Gasteiger partial charge in [0.2, 0.25) is 0 Å². The van der Waals surface area contributed by atoms with E-state index < -0.39 is 23.3 Å². The Morgan fingerprint density at radius 2 is 0.851 bits per heavy atom. The third-order valence-corrected chi connectivity index (χ3v) is 11.7. The molecule has 6 aromatic carbocycles. The molecule has 360 valence electrons. The van der Waals surface area contributed by atoms with E-state index in [-0.39, 0.29) is 32.9 Å². The molecule has 6 rings (SSSR count). The molecule has 0 radical (unpaired) electrons. The van der Waals surface area contributed by atoms with E-state index in [1.165, 1.54) is 24.3 Å². The summed E-state index contributed by atoms with van der Waals surface area (Å²) in [5.41, 5.74) is 2.82. The van der Waals surface area contributed by atoms with Gasteiger partial charge < -0.3 is 19.3 Å². The van der Waals surface area contributed by atoms with Gasteiger partial charge >= 0.3 is 21.7 Å². The molecule has 0 fully saturated rings. The molecule has 0 bridgehead atoms. The average molecular weight is 955 g/mol. The Morgan fingerprint density at radius 3 is 1.13 bits per heavy atom. The summed E-state index contributed by atoms with van der Waals surface area (Å²) in [6.07, 6.45) is 8.31. The molecule has 0 aliphatic heterocycles. The average Bonchev–Trinajstić information content (AvgIpc) is 4.09. The molecule has 4 nitrogen and oxygen atoms in total. The number of ether oxygens (including phenoxy) is 2. The van der Waals surface area contributed by atoms with Crippen molar-refractivity contribution in [1.29, 1.82) is 0 Å². The Balaban J connectivity index is 0.000000374. The zero-order chi connectivity index (χ0) is 48.2.